The second kappa shape index (κ2) is 8.05. The molecule has 2 aliphatic rings. The highest BCUT2D eigenvalue weighted by Crippen LogP contribution is 2.24. The van der Waals surface area contributed by atoms with Gasteiger partial charge < -0.3 is 4.90 Å². The lowest BCUT2D eigenvalue weighted by Gasteiger charge is -2.17. The molecule has 1 heterocycles. The van der Waals surface area contributed by atoms with Crippen molar-refractivity contribution in [3.8, 4) is 0 Å². The summed E-state index contributed by atoms with van der Waals surface area (Å²) in [6.45, 7) is 1.85. The van der Waals surface area contributed by atoms with Crippen molar-refractivity contribution in [3.05, 3.63) is 64.7 Å². The van der Waals surface area contributed by atoms with Gasteiger partial charge in [-0.15, -0.1) is 0 Å². The van der Waals surface area contributed by atoms with Gasteiger partial charge in [0.25, 0.3) is 5.91 Å². The molecule has 6 heteroatoms. The van der Waals surface area contributed by atoms with Crippen LogP contribution in [0.1, 0.15) is 52.7 Å². The van der Waals surface area contributed by atoms with Crippen molar-refractivity contribution < 1.29 is 13.2 Å². The summed E-state index contributed by atoms with van der Waals surface area (Å²) in [4.78, 5) is 14.6. The molecule has 0 saturated carbocycles. The number of carbonyl (C=O) groups is 1. The molecule has 1 N–H and O–H groups in total. The molecule has 2 aromatic carbocycles. The molecule has 0 spiro atoms. The van der Waals surface area contributed by atoms with Crippen LogP contribution in [0.4, 0.5) is 0 Å². The summed E-state index contributed by atoms with van der Waals surface area (Å²) in [5.74, 6) is 0.0543. The molecule has 1 fully saturated rings. The van der Waals surface area contributed by atoms with E-state index in [1.807, 2.05) is 29.2 Å². The number of nitrogens with one attached hydrogen (secondary N) is 1. The van der Waals surface area contributed by atoms with Crippen LogP contribution in [0.2, 0.25) is 0 Å². The SMILES string of the molecule is O=C(c1ccc(CNS(=O)(=O)c2ccc3c(c2)CCCC3)cc1)N1CCCC1. The van der Waals surface area contributed by atoms with E-state index >= 15 is 0 Å². The van der Waals surface area contributed by atoms with Crippen molar-refractivity contribution in [1.29, 1.82) is 0 Å². The number of sulfonamides is 1. The van der Waals surface area contributed by atoms with Gasteiger partial charge in [-0.25, -0.2) is 13.1 Å². The quantitative estimate of drug-likeness (QED) is 0.841. The number of aryl methyl sites for hydroxylation is 2. The number of fused-ring (bicyclic) bond motifs is 1. The lowest BCUT2D eigenvalue weighted by atomic mass is 9.92. The third kappa shape index (κ3) is 4.13. The van der Waals surface area contributed by atoms with Crippen molar-refractivity contribution in [3.63, 3.8) is 0 Å². The second-order valence-corrected chi connectivity index (χ2v) is 9.43. The number of hydrogen-bond acceptors (Lipinski definition) is 3. The number of nitrogens with zero attached hydrogens (tertiary/aromatic N) is 1. The molecule has 1 saturated heterocycles. The summed E-state index contributed by atoms with van der Waals surface area (Å²) in [7, 11) is -3.56. The Morgan fingerprint density at radius 3 is 2.29 bits per heavy atom. The van der Waals surface area contributed by atoms with Crippen LogP contribution >= 0.6 is 0 Å². The van der Waals surface area contributed by atoms with Gasteiger partial charge in [0.15, 0.2) is 0 Å². The fraction of sp³-hybridized carbons (Fsp3) is 0.409. The van der Waals surface area contributed by atoms with E-state index in [-0.39, 0.29) is 12.5 Å². The standard InChI is InChI=1S/C22H26N2O3S/c25-22(24-13-3-4-14-24)19-9-7-17(8-10-19)16-23-28(26,27)21-12-11-18-5-1-2-6-20(18)15-21/h7-12,15,23H,1-6,13-14,16H2. The zero-order chi connectivity index (χ0) is 19.6. The van der Waals surface area contributed by atoms with Gasteiger partial charge in [0, 0.05) is 25.2 Å². The summed E-state index contributed by atoms with van der Waals surface area (Å²) in [5.41, 5.74) is 3.91. The predicted molar refractivity (Wildman–Crippen MR) is 109 cm³/mol. The Morgan fingerprint density at radius 2 is 1.57 bits per heavy atom. The predicted octanol–water partition coefficient (Wildman–Crippen LogP) is 3.28. The van der Waals surface area contributed by atoms with Gasteiger partial charge in [0.1, 0.15) is 0 Å². The number of likely N-dealkylation sites (tertiary alicyclic amines) is 1. The molecule has 28 heavy (non-hydrogen) atoms. The second-order valence-electron chi connectivity index (χ2n) is 7.66. The Hall–Kier alpha value is -2.18. The van der Waals surface area contributed by atoms with Crippen LogP contribution < -0.4 is 4.72 Å². The number of carbonyl (C=O) groups excluding carboxylic acids is 1. The Kier molecular flexibility index (Phi) is 5.51. The van der Waals surface area contributed by atoms with Crippen LogP contribution in [-0.2, 0) is 29.4 Å². The first-order valence-electron chi connectivity index (χ1n) is 10.0. The fourth-order valence-electron chi connectivity index (χ4n) is 4.01. The van der Waals surface area contributed by atoms with E-state index in [0.29, 0.717) is 10.5 Å². The van der Waals surface area contributed by atoms with Crippen molar-refractivity contribution >= 4 is 15.9 Å². The molecule has 1 aliphatic carbocycles. The lowest BCUT2D eigenvalue weighted by molar-refractivity contribution is 0.0793. The van der Waals surface area contributed by atoms with Gasteiger partial charge in [0.05, 0.1) is 4.90 Å². The minimum Gasteiger partial charge on any atom is -0.339 e. The molecule has 5 nitrogen and oxygen atoms in total. The van der Waals surface area contributed by atoms with Crippen molar-refractivity contribution in [1.82, 2.24) is 9.62 Å². The first-order chi connectivity index (χ1) is 13.5. The van der Waals surface area contributed by atoms with Gasteiger partial charge >= 0.3 is 0 Å². The van der Waals surface area contributed by atoms with Crippen LogP contribution in [0, 0.1) is 0 Å². The molecule has 0 unspecified atom stereocenters. The third-order valence-corrected chi connectivity index (χ3v) is 7.09. The first-order valence-corrected chi connectivity index (χ1v) is 11.5. The zero-order valence-corrected chi connectivity index (χ0v) is 16.8. The Labute approximate surface area is 166 Å². The van der Waals surface area contributed by atoms with Gasteiger partial charge in [-0.2, -0.15) is 0 Å². The van der Waals surface area contributed by atoms with E-state index in [4.69, 9.17) is 0 Å². The van der Waals surface area contributed by atoms with Crippen LogP contribution in [0.25, 0.3) is 0 Å². The van der Waals surface area contributed by atoms with Crippen LogP contribution in [0.15, 0.2) is 47.4 Å². The Morgan fingerprint density at radius 1 is 0.893 bits per heavy atom. The van der Waals surface area contributed by atoms with Gasteiger partial charge in [0.2, 0.25) is 10.0 Å². The summed E-state index contributed by atoms with van der Waals surface area (Å²) >= 11 is 0. The molecular formula is C22H26N2O3S. The minimum atomic E-state index is -3.56. The van der Waals surface area contributed by atoms with E-state index in [1.165, 1.54) is 12.0 Å². The van der Waals surface area contributed by atoms with Crippen molar-refractivity contribution in [2.75, 3.05) is 13.1 Å². The molecule has 0 aromatic heterocycles. The molecular weight excluding hydrogens is 372 g/mol. The average molecular weight is 399 g/mol. The minimum absolute atomic E-state index is 0.0543. The molecule has 1 aliphatic heterocycles. The van der Waals surface area contributed by atoms with Crippen LogP contribution in [0.3, 0.4) is 0 Å². The average Bonchev–Trinajstić information content (AvgIpc) is 3.27. The van der Waals surface area contributed by atoms with Gasteiger partial charge in [-0.05, 0) is 79.5 Å². The molecule has 0 radical (unpaired) electrons. The topological polar surface area (TPSA) is 66.5 Å². The fourth-order valence-corrected chi connectivity index (χ4v) is 5.07. The molecule has 148 valence electrons. The largest absolute Gasteiger partial charge is 0.339 e. The lowest BCUT2D eigenvalue weighted by Crippen LogP contribution is -2.27. The van der Waals surface area contributed by atoms with Crippen molar-refractivity contribution in [2.45, 2.75) is 50.0 Å². The van der Waals surface area contributed by atoms with E-state index in [9.17, 15) is 13.2 Å². The molecule has 2 aromatic rings. The maximum Gasteiger partial charge on any atom is 0.253 e. The maximum atomic E-state index is 12.7. The normalized spacial score (nSPS) is 16.8. The molecule has 0 bridgehead atoms. The molecule has 0 atom stereocenters. The highest BCUT2D eigenvalue weighted by molar-refractivity contribution is 7.89. The monoisotopic (exact) mass is 398 g/mol. The summed E-state index contributed by atoms with van der Waals surface area (Å²) in [5, 5.41) is 0. The highest BCUT2D eigenvalue weighted by atomic mass is 32.2. The van der Waals surface area contributed by atoms with E-state index < -0.39 is 10.0 Å². The third-order valence-electron chi connectivity index (χ3n) is 5.69. The number of rotatable bonds is 5. The summed E-state index contributed by atoms with van der Waals surface area (Å²) in [6.07, 6.45) is 6.40. The zero-order valence-electron chi connectivity index (χ0n) is 16.0. The van der Waals surface area contributed by atoms with Crippen molar-refractivity contribution in [2.24, 2.45) is 0 Å². The van der Waals surface area contributed by atoms with E-state index in [2.05, 4.69) is 4.72 Å². The first kappa shape index (κ1) is 19.2. The summed E-state index contributed by atoms with van der Waals surface area (Å²) < 4.78 is 28.0. The maximum absolute atomic E-state index is 12.7. The highest BCUT2D eigenvalue weighted by Gasteiger charge is 2.20. The van der Waals surface area contributed by atoms with Gasteiger partial charge in [-0.3, -0.25) is 4.79 Å². The van der Waals surface area contributed by atoms with Gasteiger partial charge in [-0.1, -0.05) is 18.2 Å². The molecule has 1 amide bonds. The van der Waals surface area contributed by atoms with E-state index in [0.717, 1.165) is 56.3 Å². The van der Waals surface area contributed by atoms with E-state index in [1.54, 1.807) is 18.2 Å². The smallest absolute Gasteiger partial charge is 0.253 e. The molecule has 4 rings (SSSR count). The van der Waals surface area contributed by atoms with Crippen LogP contribution in [-0.4, -0.2) is 32.3 Å². The van der Waals surface area contributed by atoms with Crippen LogP contribution in [0.5, 0.6) is 0 Å². The number of benzene rings is 2. The Balaban J connectivity index is 1.41. The number of hydrogen-bond donors (Lipinski definition) is 1. The summed E-state index contributed by atoms with van der Waals surface area (Å²) in [6, 6.07) is 12.7. The Bertz CT molecular complexity index is 962. The number of amides is 1.